The molecule has 0 aromatic heterocycles. The quantitative estimate of drug-likeness (QED) is 0.831. The van der Waals surface area contributed by atoms with Gasteiger partial charge in [0.05, 0.1) is 6.10 Å². The molecule has 2 aromatic carbocycles. The van der Waals surface area contributed by atoms with Gasteiger partial charge in [0.25, 0.3) is 0 Å². The highest BCUT2D eigenvalue weighted by atomic mass is 32.2. The first-order valence-electron chi connectivity index (χ1n) is 6.22. The standard InChI is InChI=1S/C16H17FOS/c1-11-4-3-5-13(8-11)10-19-16-7-6-14(17)9-15(16)12(2)18/h3-9,12,18H,10H2,1-2H3. The summed E-state index contributed by atoms with van der Waals surface area (Å²) in [6.45, 7) is 3.72. The Morgan fingerprint density at radius 3 is 2.68 bits per heavy atom. The summed E-state index contributed by atoms with van der Waals surface area (Å²) in [7, 11) is 0. The van der Waals surface area contributed by atoms with Crippen molar-refractivity contribution in [3.63, 3.8) is 0 Å². The third-order valence-corrected chi connectivity index (χ3v) is 4.06. The highest BCUT2D eigenvalue weighted by Gasteiger charge is 2.10. The molecule has 0 amide bonds. The lowest BCUT2D eigenvalue weighted by Crippen LogP contribution is -1.95. The van der Waals surface area contributed by atoms with Gasteiger partial charge in [0.1, 0.15) is 5.82 Å². The smallest absolute Gasteiger partial charge is 0.123 e. The first-order valence-corrected chi connectivity index (χ1v) is 7.20. The second kappa shape index (κ2) is 6.22. The zero-order chi connectivity index (χ0) is 13.8. The van der Waals surface area contributed by atoms with Crippen molar-refractivity contribution in [2.24, 2.45) is 0 Å². The van der Waals surface area contributed by atoms with E-state index in [0.717, 1.165) is 10.6 Å². The van der Waals surface area contributed by atoms with Crippen molar-refractivity contribution in [2.45, 2.75) is 30.6 Å². The number of hydrogen-bond donors (Lipinski definition) is 1. The Kier molecular flexibility index (Phi) is 4.61. The molecule has 0 radical (unpaired) electrons. The Labute approximate surface area is 117 Å². The fourth-order valence-corrected chi connectivity index (χ4v) is 3.00. The molecule has 0 bridgehead atoms. The van der Waals surface area contributed by atoms with Crippen LogP contribution in [0.2, 0.25) is 0 Å². The minimum absolute atomic E-state index is 0.309. The lowest BCUT2D eigenvalue weighted by atomic mass is 10.1. The van der Waals surface area contributed by atoms with Crippen LogP contribution in [0.25, 0.3) is 0 Å². The number of rotatable bonds is 4. The summed E-state index contributed by atoms with van der Waals surface area (Å²) in [4.78, 5) is 0.929. The Morgan fingerprint density at radius 1 is 1.21 bits per heavy atom. The number of thioether (sulfide) groups is 1. The van der Waals surface area contributed by atoms with Crippen LogP contribution in [0.4, 0.5) is 4.39 Å². The van der Waals surface area contributed by atoms with E-state index >= 15 is 0 Å². The van der Waals surface area contributed by atoms with Crippen LogP contribution in [0.5, 0.6) is 0 Å². The predicted molar refractivity (Wildman–Crippen MR) is 77.8 cm³/mol. The van der Waals surface area contributed by atoms with Gasteiger partial charge in [-0.1, -0.05) is 29.8 Å². The maximum Gasteiger partial charge on any atom is 0.123 e. The van der Waals surface area contributed by atoms with E-state index in [0.29, 0.717) is 5.56 Å². The normalized spacial score (nSPS) is 12.4. The van der Waals surface area contributed by atoms with E-state index in [2.05, 4.69) is 25.1 Å². The number of hydrogen-bond acceptors (Lipinski definition) is 2. The molecule has 0 aliphatic carbocycles. The molecule has 0 aliphatic rings. The molecule has 3 heteroatoms. The maximum atomic E-state index is 13.2. The zero-order valence-electron chi connectivity index (χ0n) is 11.1. The van der Waals surface area contributed by atoms with E-state index in [1.165, 1.54) is 23.3 Å². The molecule has 2 aromatic rings. The minimum Gasteiger partial charge on any atom is -0.389 e. The van der Waals surface area contributed by atoms with Crippen molar-refractivity contribution in [2.75, 3.05) is 0 Å². The van der Waals surface area contributed by atoms with Gasteiger partial charge in [-0.05, 0) is 43.2 Å². The number of halogens is 1. The van der Waals surface area contributed by atoms with E-state index in [4.69, 9.17) is 0 Å². The van der Waals surface area contributed by atoms with Gasteiger partial charge in [0.15, 0.2) is 0 Å². The summed E-state index contributed by atoms with van der Waals surface area (Å²) in [6, 6.07) is 12.9. The molecule has 19 heavy (non-hydrogen) atoms. The molecule has 1 unspecified atom stereocenters. The van der Waals surface area contributed by atoms with Crippen LogP contribution in [-0.4, -0.2) is 5.11 Å². The Balaban J connectivity index is 2.15. The molecule has 1 atom stereocenters. The molecule has 0 saturated heterocycles. The van der Waals surface area contributed by atoms with Gasteiger partial charge in [-0.15, -0.1) is 11.8 Å². The van der Waals surface area contributed by atoms with Crippen LogP contribution in [0.1, 0.15) is 29.7 Å². The number of aryl methyl sites for hydroxylation is 1. The molecule has 0 saturated carbocycles. The molecule has 1 N–H and O–H groups in total. The summed E-state index contributed by atoms with van der Waals surface area (Å²) in [5.41, 5.74) is 3.11. The summed E-state index contributed by atoms with van der Waals surface area (Å²) in [5, 5.41) is 9.69. The fourth-order valence-electron chi connectivity index (χ4n) is 1.94. The minimum atomic E-state index is -0.657. The second-order valence-electron chi connectivity index (χ2n) is 4.64. The Hall–Kier alpha value is -1.32. The van der Waals surface area contributed by atoms with E-state index in [-0.39, 0.29) is 5.82 Å². The first kappa shape index (κ1) is 14.1. The molecular weight excluding hydrogens is 259 g/mol. The first-order chi connectivity index (χ1) is 9.06. The lowest BCUT2D eigenvalue weighted by molar-refractivity contribution is 0.196. The SMILES string of the molecule is Cc1cccc(CSc2ccc(F)cc2C(C)O)c1. The van der Waals surface area contributed by atoms with E-state index in [1.54, 1.807) is 24.8 Å². The van der Waals surface area contributed by atoms with Gasteiger partial charge in [-0.3, -0.25) is 0 Å². The van der Waals surface area contributed by atoms with Crippen LogP contribution in [0, 0.1) is 12.7 Å². The van der Waals surface area contributed by atoms with Gasteiger partial charge in [-0.25, -0.2) is 4.39 Å². The van der Waals surface area contributed by atoms with E-state index in [1.807, 2.05) is 6.07 Å². The molecule has 2 rings (SSSR count). The summed E-state index contributed by atoms with van der Waals surface area (Å²) < 4.78 is 13.2. The number of aliphatic hydroxyl groups excluding tert-OH is 1. The largest absolute Gasteiger partial charge is 0.389 e. The van der Waals surface area contributed by atoms with Crippen molar-refractivity contribution in [1.29, 1.82) is 0 Å². The van der Waals surface area contributed by atoms with Crippen LogP contribution in [-0.2, 0) is 5.75 Å². The maximum absolute atomic E-state index is 13.2. The molecule has 0 aliphatic heterocycles. The predicted octanol–water partition coefficient (Wildman–Crippen LogP) is 4.48. The third kappa shape index (κ3) is 3.82. The van der Waals surface area contributed by atoms with Crippen LogP contribution >= 0.6 is 11.8 Å². The molecule has 0 spiro atoms. The van der Waals surface area contributed by atoms with Crippen LogP contribution in [0.3, 0.4) is 0 Å². The van der Waals surface area contributed by atoms with Crippen molar-refractivity contribution in [1.82, 2.24) is 0 Å². The van der Waals surface area contributed by atoms with Gasteiger partial charge in [0, 0.05) is 10.6 Å². The van der Waals surface area contributed by atoms with Crippen LogP contribution < -0.4 is 0 Å². The average molecular weight is 276 g/mol. The van der Waals surface area contributed by atoms with Crippen molar-refractivity contribution < 1.29 is 9.50 Å². The van der Waals surface area contributed by atoms with Gasteiger partial charge < -0.3 is 5.11 Å². The summed E-state index contributed by atoms with van der Waals surface area (Å²) in [6.07, 6.45) is -0.657. The van der Waals surface area contributed by atoms with E-state index in [9.17, 15) is 9.50 Å². The average Bonchev–Trinajstić information content (AvgIpc) is 2.37. The van der Waals surface area contributed by atoms with Gasteiger partial charge >= 0.3 is 0 Å². The highest BCUT2D eigenvalue weighted by Crippen LogP contribution is 2.30. The number of aliphatic hydroxyl groups is 1. The van der Waals surface area contributed by atoms with Crippen LogP contribution in [0.15, 0.2) is 47.4 Å². The zero-order valence-corrected chi connectivity index (χ0v) is 11.9. The molecule has 100 valence electrons. The Morgan fingerprint density at radius 2 is 2.00 bits per heavy atom. The van der Waals surface area contributed by atoms with Crippen molar-refractivity contribution in [3.8, 4) is 0 Å². The Bertz CT molecular complexity index is 566. The molecule has 0 fully saturated rings. The number of benzene rings is 2. The summed E-state index contributed by atoms with van der Waals surface area (Å²) in [5.74, 6) is 0.503. The second-order valence-corrected chi connectivity index (χ2v) is 5.65. The van der Waals surface area contributed by atoms with Gasteiger partial charge in [0.2, 0.25) is 0 Å². The lowest BCUT2D eigenvalue weighted by Gasteiger charge is -2.12. The van der Waals surface area contributed by atoms with E-state index < -0.39 is 6.10 Å². The highest BCUT2D eigenvalue weighted by molar-refractivity contribution is 7.98. The summed E-state index contributed by atoms with van der Waals surface area (Å²) >= 11 is 1.62. The monoisotopic (exact) mass is 276 g/mol. The van der Waals surface area contributed by atoms with Crippen molar-refractivity contribution >= 4 is 11.8 Å². The molecular formula is C16H17FOS. The van der Waals surface area contributed by atoms with Crippen molar-refractivity contribution in [3.05, 3.63) is 65.0 Å². The molecule has 0 heterocycles. The van der Waals surface area contributed by atoms with Gasteiger partial charge in [-0.2, -0.15) is 0 Å². The third-order valence-electron chi connectivity index (χ3n) is 2.90. The fraction of sp³-hybridized carbons (Fsp3) is 0.250. The molecule has 1 nitrogen and oxygen atoms in total. The topological polar surface area (TPSA) is 20.2 Å².